The Morgan fingerprint density at radius 3 is 1.94 bits per heavy atom. The van der Waals surface area contributed by atoms with Crippen LogP contribution >= 0.6 is 0 Å². The standard InChI is InChI=1S/C32H50N8O11/c1-17(29(47)39-13-5-9-22(39)31(49)40-14-6-10-23(40)32(50)51)35-28(46)25(18(2)42)37-26(44)20(16-41)36-24(43)15-34-27(45)21-8-4-12-38(21)30(48)19-7-3-11-33-19/h17-23,25,33,41-42H,3-16H2,1-2H3,(H,34,45)(H,35,46)(H,36,43)(H,37,44)(H,50,51)/t17-,18+,19-,20-,21-,22-,23-,25-/m0/s1. The molecule has 0 spiro atoms. The summed E-state index contributed by atoms with van der Waals surface area (Å²) in [6.45, 7) is 2.76. The summed E-state index contributed by atoms with van der Waals surface area (Å²) in [6, 6.07) is -7.33. The predicted octanol–water partition coefficient (Wildman–Crippen LogP) is -4.24. The first-order valence-electron chi connectivity index (χ1n) is 17.6. The van der Waals surface area contributed by atoms with Gasteiger partial charge in [0.25, 0.3) is 0 Å². The highest BCUT2D eigenvalue weighted by atomic mass is 16.4. The Morgan fingerprint density at radius 2 is 1.35 bits per heavy atom. The Bertz CT molecular complexity index is 1360. The maximum Gasteiger partial charge on any atom is 0.326 e. The van der Waals surface area contributed by atoms with E-state index in [2.05, 4.69) is 26.6 Å². The van der Waals surface area contributed by atoms with Gasteiger partial charge in [-0.25, -0.2) is 4.79 Å². The summed E-state index contributed by atoms with van der Waals surface area (Å²) in [7, 11) is 0. The van der Waals surface area contributed by atoms with Crippen molar-refractivity contribution < 1.29 is 53.7 Å². The molecule has 4 aliphatic heterocycles. The van der Waals surface area contributed by atoms with Gasteiger partial charge in [0, 0.05) is 19.6 Å². The van der Waals surface area contributed by atoms with Crippen LogP contribution in [0.2, 0.25) is 0 Å². The van der Waals surface area contributed by atoms with Crippen molar-refractivity contribution in [1.29, 1.82) is 0 Å². The maximum atomic E-state index is 13.4. The Morgan fingerprint density at radius 1 is 0.745 bits per heavy atom. The quantitative estimate of drug-likeness (QED) is 0.0848. The highest BCUT2D eigenvalue weighted by Gasteiger charge is 2.43. The van der Waals surface area contributed by atoms with Crippen molar-refractivity contribution in [3.63, 3.8) is 0 Å². The van der Waals surface area contributed by atoms with E-state index in [1.807, 2.05) is 0 Å². The molecule has 0 aromatic rings. The van der Waals surface area contributed by atoms with Gasteiger partial charge in [-0.1, -0.05) is 0 Å². The number of aliphatic carboxylic acids is 1. The van der Waals surface area contributed by atoms with Crippen molar-refractivity contribution >= 4 is 47.3 Å². The second kappa shape index (κ2) is 17.7. The second-order valence-corrected chi connectivity index (χ2v) is 13.5. The van der Waals surface area contributed by atoms with Gasteiger partial charge in [0.2, 0.25) is 41.4 Å². The molecule has 0 bridgehead atoms. The van der Waals surface area contributed by atoms with Crippen LogP contribution in [0.15, 0.2) is 0 Å². The van der Waals surface area contributed by atoms with Crippen molar-refractivity contribution in [3.05, 3.63) is 0 Å². The van der Waals surface area contributed by atoms with Crippen LogP contribution in [-0.4, -0.2) is 165 Å². The number of aliphatic hydroxyl groups is 2. The van der Waals surface area contributed by atoms with Gasteiger partial charge in [0.05, 0.1) is 25.3 Å². The highest BCUT2D eigenvalue weighted by molar-refractivity contribution is 5.97. The molecule has 4 heterocycles. The van der Waals surface area contributed by atoms with E-state index in [9.17, 15) is 53.7 Å². The summed E-state index contributed by atoms with van der Waals surface area (Å²) < 4.78 is 0. The van der Waals surface area contributed by atoms with E-state index in [1.54, 1.807) is 0 Å². The first kappa shape index (κ1) is 39.4. The normalized spacial score (nSPS) is 25.5. The van der Waals surface area contributed by atoms with E-state index in [4.69, 9.17) is 0 Å². The smallest absolute Gasteiger partial charge is 0.326 e. The van der Waals surface area contributed by atoms with Gasteiger partial charge in [-0.05, 0) is 71.8 Å². The molecule has 0 unspecified atom stereocenters. The molecular weight excluding hydrogens is 672 g/mol. The number of rotatable bonds is 14. The van der Waals surface area contributed by atoms with Crippen LogP contribution in [-0.2, 0) is 38.4 Å². The molecular formula is C32H50N8O11. The van der Waals surface area contributed by atoms with E-state index in [1.165, 1.54) is 28.5 Å². The number of nitrogens with one attached hydrogen (secondary N) is 5. The number of aliphatic hydroxyl groups excluding tert-OH is 2. The van der Waals surface area contributed by atoms with Gasteiger partial charge in [0.15, 0.2) is 0 Å². The van der Waals surface area contributed by atoms with Crippen molar-refractivity contribution in [2.45, 2.75) is 114 Å². The number of nitrogens with zero attached hydrogens (tertiary/aromatic N) is 3. The summed E-state index contributed by atoms with van der Waals surface area (Å²) >= 11 is 0. The molecule has 0 radical (unpaired) electrons. The third kappa shape index (κ3) is 9.50. The van der Waals surface area contributed by atoms with Gasteiger partial charge in [0.1, 0.15) is 36.3 Å². The molecule has 8 N–H and O–H groups in total. The molecule has 4 rings (SSSR count). The van der Waals surface area contributed by atoms with E-state index in [0.717, 1.165) is 13.0 Å². The highest BCUT2D eigenvalue weighted by Crippen LogP contribution is 2.26. The fourth-order valence-electron chi connectivity index (χ4n) is 7.16. The van der Waals surface area contributed by atoms with E-state index >= 15 is 0 Å². The Hall–Kier alpha value is -4.36. The largest absolute Gasteiger partial charge is 0.480 e. The van der Waals surface area contributed by atoms with E-state index in [-0.39, 0.29) is 25.0 Å². The number of carbonyl (C=O) groups is 8. The average molecular weight is 723 g/mol. The van der Waals surface area contributed by atoms with Crippen LogP contribution in [0.4, 0.5) is 0 Å². The van der Waals surface area contributed by atoms with Crippen molar-refractivity contribution in [1.82, 2.24) is 41.3 Å². The van der Waals surface area contributed by atoms with Crippen molar-refractivity contribution in [2.24, 2.45) is 0 Å². The molecule has 284 valence electrons. The molecule has 19 heteroatoms. The Labute approximate surface area is 295 Å². The average Bonchev–Trinajstić information content (AvgIpc) is 3.93. The first-order chi connectivity index (χ1) is 24.2. The summed E-state index contributed by atoms with van der Waals surface area (Å²) in [5.74, 6) is -5.70. The minimum atomic E-state index is -1.62. The molecule has 4 fully saturated rings. The van der Waals surface area contributed by atoms with Crippen molar-refractivity contribution in [2.75, 3.05) is 39.3 Å². The second-order valence-electron chi connectivity index (χ2n) is 13.5. The van der Waals surface area contributed by atoms with Crippen LogP contribution in [0.5, 0.6) is 0 Å². The molecule has 0 aliphatic carbocycles. The number of carboxylic acid groups (broad SMARTS) is 1. The monoisotopic (exact) mass is 722 g/mol. The lowest BCUT2D eigenvalue weighted by Gasteiger charge is -2.32. The number of hydrogen-bond donors (Lipinski definition) is 8. The molecule has 4 aliphatic rings. The zero-order valence-corrected chi connectivity index (χ0v) is 29.0. The van der Waals surface area contributed by atoms with E-state index in [0.29, 0.717) is 51.5 Å². The molecule has 4 saturated heterocycles. The number of carboxylic acids is 1. The summed E-state index contributed by atoms with van der Waals surface area (Å²) in [5.41, 5.74) is 0. The summed E-state index contributed by atoms with van der Waals surface area (Å²) in [4.78, 5) is 107. The predicted molar refractivity (Wildman–Crippen MR) is 176 cm³/mol. The molecule has 8 atom stereocenters. The van der Waals surface area contributed by atoms with Crippen LogP contribution < -0.4 is 26.6 Å². The van der Waals surface area contributed by atoms with Gasteiger partial charge in [-0.15, -0.1) is 0 Å². The van der Waals surface area contributed by atoms with E-state index < -0.39 is 96.9 Å². The van der Waals surface area contributed by atoms with Crippen LogP contribution in [0.3, 0.4) is 0 Å². The van der Waals surface area contributed by atoms with Crippen LogP contribution in [0, 0.1) is 0 Å². The fourth-order valence-corrected chi connectivity index (χ4v) is 7.16. The lowest BCUT2D eigenvalue weighted by molar-refractivity contribution is -0.152. The molecule has 51 heavy (non-hydrogen) atoms. The third-order valence-electron chi connectivity index (χ3n) is 9.89. The van der Waals surface area contributed by atoms with Gasteiger partial charge < -0.3 is 56.6 Å². The Kier molecular flexibility index (Phi) is 13.7. The number of hydrogen-bond acceptors (Lipinski definition) is 11. The molecule has 0 aromatic heterocycles. The Balaban J connectivity index is 1.27. The zero-order valence-electron chi connectivity index (χ0n) is 29.0. The van der Waals surface area contributed by atoms with Crippen molar-refractivity contribution in [3.8, 4) is 0 Å². The minimum Gasteiger partial charge on any atom is -0.480 e. The number of amides is 7. The van der Waals surface area contributed by atoms with Gasteiger partial charge in [-0.3, -0.25) is 33.6 Å². The minimum absolute atomic E-state index is 0.161. The maximum absolute atomic E-state index is 13.4. The van der Waals surface area contributed by atoms with Gasteiger partial charge >= 0.3 is 5.97 Å². The first-order valence-corrected chi connectivity index (χ1v) is 17.6. The molecule has 19 nitrogen and oxygen atoms in total. The van der Waals surface area contributed by atoms with Crippen LogP contribution in [0.25, 0.3) is 0 Å². The third-order valence-corrected chi connectivity index (χ3v) is 9.89. The summed E-state index contributed by atoms with van der Waals surface area (Å²) in [5, 5.41) is 42.2. The number of likely N-dealkylation sites (tertiary alicyclic amines) is 3. The number of carbonyl (C=O) groups excluding carboxylic acids is 7. The summed E-state index contributed by atoms with van der Waals surface area (Å²) in [6.07, 6.45) is 2.80. The lowest BCUT2D eigenvalue weighted by atomic mass is 10.1. The fraction of sp³-hybridized carbons (Fsp3) is 0.750. The lowest BCUT2D eigenvalue weighted by Crippen LogP contribution is -2.61. The topological polar surface area (TPSA) is 267 Å². The zero-order chi connectivity index (χ0) is 37.4. The molecule has 7 amide bonds. The molecule has 0 aromatic carbocycles. The SMILES string of the molecule is C[C@H](NC(=O)[C@@H](NC(=O)[C@H](CO)NC(=O)CNC(=O)[C@@H]1CCCN1C(=O)[C@@H]1CCCN1)[C@@H](C)O)C(=O)N1CCC[C@H]1C(=O)N1CCC[C@H]1C(=O)O. The molecule has 0 saturated carbocycles. The van der Waals surface area contributed by atoms with Gasteiger partial charge in [-0.2, -0.15) is 0 Å². The van der Waals surface area contributed by atoms with Crippen LogP contribution in [0.1, 0.15) is 65.2 Å².